The number of benzene rings is 3. The van der Waals surface area contributed by atoms with Gasteiger partial charge >= 0.3 is 0 Å². The summed E-state index contributed by atoms with van der Waals surface area (Å²) < 4.78 is 5.71. The molecule has 7 nitrogen and oxygen atoms in total. The summed E-state index contributed by atoms with van der Waals surface area (Å²) in [5, 5.41) is 14.9. The van der Waals surface area contributed by atoms with Gasteiger partial charge in [0.2, 0.25) is 0 Å². The van der Waals surface area contributed by atoms with Gasteiger partial charge in [0.25, 0.3) is 11.6 Å². The van der Waals surface area contributed by atoms with Crippen LogP contribution in [0.3, 0.4) is 0 Å². The van der Waals surface area contributed by atoms with Crippen molar-refractivity contribution in [2.75, 3.05) is 0 Å². The van der Waals surface area contributed by atoms with E-state index in [9.17, 15) is 14.9 Å². The number of nitrogens with one attached hydrogen (secondary N) is 1. The Morgan fingerprint density at radius 3 is 2.48 bits per heavy atom. The first-order valence-electron chi connectivity index (χ1n) is 8.57. The van der Waals surface area contributed by atoms with E-state index >= 15 is 0 Å². The van der Waals surface area contributed by atoms with Gasteiger partial charge in [-0.05, 0) is 41.5 Å². The summed E-state index contributed by atoms with van der Waals surface area (Å²) in [7, 11) is 0. The summed E-state index contributed by atoms with van der Waals surface area (Å²) in [5.74, 6) is 0.0626. The molecule has 0 spiro atoms. The van der Waals surface area contributed by atoms with Crippen molar-refractivity contribution >= 4 is 29.4 Å². The molecule has 0 aliphatic carbocycles. The Morgan fingerprint density at radius 2 is 1.83 bits per heavy atom. The second-order valence-corrected chi connectivity index (χ2v) is 6.37. The molecule has 1 N–H and O–H groups in total. The average molecular weight is 410 g/mol. The summed E-state index contributed by atoms with van der Waals surface area (Å²) in [6, 6.07) is 20.1. The van der Waals surface area contributed by atoms with Crippen LogP contribution in [-0.2, 0) is 6.61 Å². The Balaban J connectivity index is 1.57. The van der Waals surface area contributed by atoms with Crippen LogP contribution in [0.25, 0.3) is 0 Å². The Kier molecular flexibility index (Phi) is 6.55. The van der Waals surface area contributed by atoms with E-state index in [0.29, 0.717) is 22.9 Å². The molecule has 3 rings (SSSR count). The molecular weight excluding hydrogens is 394 g/mol. The zero-order valence-electron chi connectivity index (χ0n) is 15.1. The molecule has 0 heterocycles. The smallest absolute Gasteiger partial charge is 0.271 e. The molecule has 0 atom stereocenters. The third kappa shape index (κ3) is 5.63. The quantitative estimate of drug-likeness (QED) is 0.351. The Morgan fingerprint density at radius 1 is 1.10 bits per heavy atom. The monoisotopic (exact) mass is 409 g/mol. The minimum absolute atomic E-state index is 0.0886. The van der Waals surface area contributed by atoms with Gasteiger partial charge in [-0.25, -0.2) is 5.43 Å². The van der Waals surface area contributed by atoms with Gasteiger partial charge in [0, 0.05) is 17.7 Å². The Labute approximate surface area is 171 Å². The van der Waals surface area contributed by atoms with Crippen LogP contribution in [0.2, 0.25) is 5.02 Å². The average Bonchev–Trinajstić information content (AvgIpc) is 2.74. The van der Waals surface area contributed by atoms with Crippen LogP contribution >= 0.6 is 11.6 Å². The summed E-state index contributed by atoms with van der Waals surface area (Å²) in [5.41, 5.74) is 4.24. The van der Waals surface area contributed by atoms with Crippen molar-refractivity contribution in [2.24, 2.45) is 5.10 Å². The fourth-order valence-electron chi connectivity index (χ4n) is 2.41. The van der Waals surface area contributed by atoms with E-state index in [0.717, 1.165) is 5.56 Å². The number of ether oxygens (including phenoxy) is 1. The maximum atomic E-state index is 12.0. The van der Waals surface area contributed by atoms with Gasteiger partial charge in [0.05, 0.1) is 16.2 Å². The molecule has 0 fully saturated rings. The highest BCUT2D eigenvalue weighted by Crippen LogP contribution is 2.25. The van der Waals surface area contributed by atoms with Gasteiger partial charge in [-0.3, -0.25) is 14.9 Å². The van der Waals surface area contributed by atoms with Gasteiger partial charge in [0.1, 0.15) is 12.4 Å². The normalized spacial score (nSPS) is 10.7. The van der Waals surface area contributed by atoms with Crippen molar-refractivity contribution < 1.29 is 14.5 Å². The van der Waals surface area contributed by atoms with Gasteiger partial charge in [-0.1, -0.05) is 41.9 Å². The molecule has 0 aliphatic rings. The van der Waals surface area contributed by atoms with Gasteiger partial charge in [-0.15, -0.1) is 0 Å². The number of carbonyl (C=O) groups is 1. The lowest BCUT2D eigenvalue weighted by molar-refractivity contribution is -0.384. The topological polar surface area (TPSA) is 93.8 Å². The number of nitro benzene ring substituents is 1. The van der Waals surface area contributed by atoms with Crippen molar-refractivity contribution in [2.45, 2.75) is 6.61 Å². The molecule has 0 saturated carbocycles. The number of nitro groups is 1. The molecule has 0 unspecified atom stereocenters. The summed E-state index contributed by atoms with van der Waals surface area (Å²) in [6.45, 7) is 0.402. The van der Waals surface area contributed by atoms with E-state index < -0.39 is 10.8 Å². The summed E-state index contributed by atoms with van der Waals surface area (Å²) >= 11 is 6.24. The predicted octanol–water partition coefficient (Wildman–Crippen LogP) is 4.59. The van der Waals surface area contributed by atoms with Crippen molar-refractivity contribution in [1.29, 1.82) is 0 Å². The first kappa shape index (κ1) is 20.0. The highest BCUT2D eigenvalue weighted by atomic mass is 35.5. The van der Waals surface area contributed by atoms with Crippen molar-refractivity contribution in [3.63, 3.8) is 0 Å². The maximum absolute atomic E-state index is 12.0. The van der Waals surface area contributed by atoms with Crippen molar-refractivity contribution in [1.82, 2.24) is 5.43 Å². The van der Waals surface area contributed by atoms with Crippen LogP contribution in [0, 0.1) is 10.1 Å². The lowest BCUT2D eigenvalue weighted by Crippen LogP contribution is -2.17. The fourth-order valence-corrected chi connectivity index (χ4v) is 2.66. The van der Waals surface area contributed by atoms with E-state index in [1.54, 1.807) is 18.2 Å². The second kappa shape index (κ2) is 9.48. The van der Waals surface area contributed by atoms with Gasteiger partial charge in [0.15, 0.2) is 0 Å². The number of hydrogen-bond acceptors (Lipinski definition) is 5. The van der Waals surface area contributed by atoms with E-state index in [1.165, 1.54) is 30.5 Å². The lowest BCUT2D eigenvalue weighted by atomic mass is 10.2. The zero-order chi connectivity index (χ0) is 20.6. The third-order valence-electron chi connectivity index (χ3n) is 3.91. The first-order valence-corrected chi connectivity index (χ1v) is 8.95. The van der Waals surface area contributed by atoms with Crippen molar-refractivity contribution in [3.8, 4) is 5.75 Å². The minimum Gasteiger partial charge on any atom is -0.487 e. The molecule has 3 aromatic carbocycles. The van der Waals surface area contributed by atoms with Crippen LogP contribution in [0.5, 0.6) is 5.75 Å². The number of hydrogen-bond donors (Lipinski definition) is 1. The molecule has 0 bridgehead atoms. The molecule has 8 heteroatoms. The summed E-state index contributed by atoms with van der Waals surface area (Å²) in [4.78, 5) is 22.1. The first-order chi connectivity index (χ1) is 14.0. The summed E-state index contributed by atoms with van der Waals surface area (Å²) in [6.07, 6.45) is 1.44. The van der Waals surface area contributed by atoms with E-state index in [1.807, 2.05) is 30.3 Å². The minimum atomic E-state index is -0.531. The SMILES string of the molecule is O=C(N/N=C/c1ccc(OCc2ccccc2)c(Cl)c1)c1ccc([N+](=O)[O-])cc1. The molecule has 0 radical (unpaired) electrons. The number of carbonyl (C=O) groups excluding carboxylic acids is 1. The second-order valence-electron chi connectivity index (χ2n) is 5.97. The highest BCUT2D eigenvalue weighted by molar-refractivity contribution is 6.32. The van der Waals surface area contributed by atoms with Crippen LogP contribution in [-0.4, -0.2) is 17.0 Å². The Hall–Kier alpha value is -3.71. The molecule has 0 saturated heterocycles. The molecular formula is C21H16ClN3O4. The van der Waals surface area contributed by atoms with E-state index in [2.05, 4.69) is 10.5 Å². The lowest BCUT2D eigenvalue weighted by Gasteiger charge is -2.08. The number of non-ortho nitro benzene ring substituents is 1. The number of halogens is 1. The van der Waals surface area contributed by atoms with E-state index in [4.69, 9.17) is 16.3 Å². The van der Waals surface area contributed by atoms with Crippen LogP contribution < -0.4 is 10.2 Å². The van der Waals surface area contributed by atoms with Gasteiger partial charge < -0.3 is 4.74 Å². The number of hydrazone groups is 1. The highest BCUT2D eigenvalue weighted by Gasteiger charge is 2.08. The molecule has 146 valence electrons. The number of rotatable bonds is 7. The standard InChI is InChI=1S/C21H16ClN3O4/c22-19-12-16(6-11-20(19)29-14-15-4-2-1-3-5-15)13-23-24-21(26)17-7-9-18(10-8-17)25(27)28/h1-13H,14H2,(H,24,26)/b23-13+. The van der Waals surface area contributed by atoms with Crippen LogP contribution in [0.1, 0.15) is 21.5 Å². The Bertz CT molecular complexity index is 1040. The van der Waals surface area contributed by atoms with Crippen molar-refractivity contribution in [3.05, 3.63) is 105 Å². The zero-order valence-corrected chi connectivity index (χ0v) is 15.9. The molecule has 0 aromatic heterocycles. The number of nitrogens with zero attached hydrogens (tertiary/aromatic N) is 2. The molecule has 3 aromatic rings. The predicted molar refractivity (Wildman–Crippen MR) is 110 cm³/mol. The van der Waals surface area contributed by atoms with E-state index in [-0.39, 0.29) is 11.3 Å². The molecule has 0 aliphatic heterocycles. The fraction of sp³-hybridized carbons (Fsp3) is 0.0476. The van der Waals surface area contributed by atoms with Crippen LogP contribution in [0.15, 0.2) is 77.9 Å². The largest absolute Gasteiger partial charge is 0.487 e. The van der Waals surface area contributed by atoms with Crippen LogP contribution in [0.4, 0.5) is 5.69 Å². The maximum Gasteiger partial charge on any atom is 0.271 e. The van der Waals surface area contributed by atoms with Gasteiger partial charge in [-0.2, -0.15) is 5.10 Å². The molecule has 29 heavy (non-hydrogen) atoms. The molecule has 1 amide bonds. The third-order valence-corrected chi connectivity index (χ3v) is 4.21. The number of amides is 1.